The summed E-state index contributed by atoms with van der Waals surface area (Å²) in [5.74, 6) is 1.41. The minimum absolute atomic E-state index is 0.0154. The first-order valence-electron chi connectivity index (χ1n) is 8.83. The lowest BCUT2D eigenvalue weighted by Crippen LogP contribution is -2.31. The largest absolute Gasteiger partial charge is 0.497 e. The average molecular weight is 408 g/mol. The molecule has 1 saturated heterocycles. The van der Waals surface area contributed by atoms with Crippen LogP contribution in [0.4, 0.5) is 0 Å². The van der Waals surface area contributed by atoms with Crippen LogP contribution >= 0.6 is 22.9 Å². The van der Waals surface area contributed by atoms with E-state index in [2.05, 4.69) is 0 Å². The molecule has 0 N–H and O–H groups in total. The number of nitrogens with zero attached hydrogens (tertiary/aromatic N) is 1. The van der Waals surface area contributed by atoms with Crippen LogP contribution in [0.1, 0.15) is 47.0 Å². The molecule has 1 atom stereocenters. The second kappa shape index (κ2) is 8.76. The number of carbonyl (C=O) groups excluding carboxylic acids is 2. The molecule has 2 aromatic rings. The predicted octanol–water partition coefficient (Wildman–Crippen LogP) is 4.75. The van der Waals surface area contributed by atoms with E-state index in [1.165, 1.54) is 11.3 Å². The van der Waals surface area contributed by atoms with Crippen LogP contribution in [0.3, 0.4) is 0 Å². The number of hydrogen-bond acceptors (Lipinski definition) is 5. The van der Waals surface area contributed by atoms with Crippen LogP contribution in [0, 0.1) is 0 Å². The summed E-state index contributed by atoms with van der Waals surface area (Å²) in [4.78, 5) is 27.5. The lowest BCUT2D eigenvalue weighted by Gasteiger charge is -2.26. The van der Waals surface area contributed by atoms with Crippen LogP contribution in [-0.2, 0) is 4.79 Å². The van der Waals surface area contributed by atoms with Crippen molar-refractivity contribution in [2.45, 2.75) is 31.7 Å². The van der Waals surface area contributed by atoms with Gasteiger partial charge in [0.1, 0.15) is 11.5 Å². The first-order chi connectivity index (χ1) is 13.0. The minimum atomic E-state index is -0.0613. The molecular formula is C20H22ClNO4S. The molecule has 1 aromatic carbocycles. The molecular weight excluding hydrogens is 386 g/mol. The van der Waals surface area contributed by atoms with E-state index in [4.69, 9.17) is 21.1 Å². The fraction of sp³-hybridized carbons (Fsp3) is 0.400. The molecule has 1 aromatic heterocycles. The number of methoxy groups -OCH3 is 2. The van der Waals surface area contributed by atoms with E-state index in [0.29, 0.717) is 15.8 Å². The topological polar surface area (TPSA) is 55.8 Å². The zero-order valence-corrected chi connectivity index (χ0v) is 16.9. The Hall–Kier alpha value is -2.05. The molecule has 0 saturated carbocycles. The summed E-state index contributed by atoms with van der Waals surface area (Å²) in [5, 5.41) is 0. The summed E-state index contributed by atoms with van der Waals surface area (Å²) in [5.41, 5.74) is 0.944. The van der Waals surface area contributed by atoms with Gasteiger partial charge in [-0.1, -0.05) is 11.6 Å². The number of hydrogen-bond donors (Lipinski definition) is 0. The number of amides is 1. The molecule has 7 heteroatoms. The summed E-state index contributed by atoms with van der Waals surface area (Å²) >= 11 is 7.13. The molecule has 0 spiro atoms. The Balaban J connectivity index is 1.70. The Labute approximate surface area is 167 Å². The quantitative estimate of drug-likeness (QED) is 0.622. The van der Waals surface area contributed by atoms with Gasteiger partial charge in [-0.3, -0.25) is 9.59 Å². The number of Topliss-reactive ketones (excluding diaryl/α,β-unsaturated/α-hetero) is 1. The van der Waals surface area contributed by atoms with Crippen molar-refractivity contribution in [2.75, 3.05) is 20.8 Å². The molecule has 0 aliphatic carbocycles. The zero-order valence-electron chi connectivity index (χ0n) is 15.4. The molecule has 0 radical (unpaired) electrons. The number of carbonyl (C=O) groups is 2. The molecule has 144 valence electrons. The van der Waals surface area contributed by atoms with Gasteiger partial charge in [0.15, 0.2) is 5.78 Å². The highest BCUT2D eigenvalue weighted by atomic mass is 35.5. The van der Waals surface area contributed by atoms with E-state index < -0.39 is 0 Å². The highest BCUT2D eigenvalue weighted by Gasteiger charge is 2.32. The Bertz CT molecular complexity index is 835. The zero-order chi connectivity index (χ0) is 19.4. The Kier molecular flexibility index (Phi) is 6.39. The lowest BCUT2D eigenvalue weighted by atomic mass is 10.0. The van der Waals surface area contributed by atoms with E-state index in [1.807, 2.05) is 23.1 Å². The van der Waals surface area contributed by atoms with Gasteiger partial charge in [-0.05, 0) is 43.2 Å². The molecule has 5 nitrogen and oxygen atoms in total. The molecule has 1 unspecified atom stereocenters. The van der Waals surface area contributed by atoms with E-state index in [1.54, 1.807) is 26.4 Å². The first kappa shape index (κ1) is 19.7. The fourth-order valence-corrected chi connectivity index (χ4v) is 4.45. The maximum absolute atomic E-state index is 12.8. The molecule has 3 rings (SSSR count). The van der Waals surface area contributed by atoms with Gasteiger partial charge in [0.25, 0.3) is 0 Å². The van der Waals surface area contributed by atoms with Gasteiger partial charge in [0, 0.05) is 24.9 Å². The second-order valence-corrected chi connectivity index (χ2v) is 8.10. The number of rotatable bonds is 7. The van der Waals surface area contributed by atoms with E-state index >= 15 is 0 Å². The summed E-state index contributed by atoms with van der Waals surface area (Å²) in [6.45, 7) is 0.683. The third-order valence-electron chi connectivity index (χ3n) is 4.78. The van der Waals surface area contributed by atoms with E-state index in [9.17, 15) is 9.59 Å². The van der Waals surface area contributed by atoms with Crippen molar-refractivity contribution in [3.63, 3.8) is 0 Å². The van der Waals surface area contributed by atoms with Crippen molar-refractivity contribution in [2.24, 2.45) is 0 Å². The van der Waals surface area contributed by atoms with Crippen molar-refractivity contribution >= 4 is 34.6 Å². The second-order valence-electron chi connectivity index (χ2n) is 6.38. The van der Waals surface area contributed by atoms with Crippen molar-refractivity contribution < 1.29 is 19.1 Å². The normalized spacial score (nSPS) is 16.4. The molecule has 0 bridgehead atoms. The van der Waals surface area contributed by atoms with Gasteiger partial charge in [-0.25, -0.2) is 0 Å². The van der Waals surface area contributed by atoms with Crippen LogP contribution < -0.4 is 9.47 Å². The first-order valence-corrected chi connectivity index (χ1v) is 10.0. The van der Waals surface area contributed by atoms with Gasteiger partial charge < -0.3 is 14.4 Å². The number of ketones is 1. The van der Waals surface area contributed by atoms with Crippen LogP contribution in [0.15, 0.2) is 30.3 Å². The van der Waals surface area contributed by atoms with Crippen LogP contribution in [0.2, 0.25) is 4.34 Å². The van der Waals surface area contributed by atoms with Crippen molar-refractivity contribution in [1.82, 2.24) is 4.90 Å². The van der Waals surface area contributed by atoms with Crippen molar-refractivity contribution in [3.8, 4) is 11.5 Å². The summed E-state index contributed by atoms with van der Waals surface area (Å²) in [6.07, 6.45) is 2.17. The summed E-state index contributed by atoms with van der Waals surface area (Å²) in [7, 11) is 3.24. The number of thiophene rings is 1. The van der Waals surface area contributed by atoms with Crippen LogP contribution in [-0.4, -0.2) is 37.4 Å². The maximum Gasteiger partial charge on any atom is 0.223 e. The van der Waals surface area contributed by atoms with Gasteiger partial charge in [-0.2, -0.15) is 0 Å². The molecule has 1 aliphatic heterocycles. The van der Waals surface area contributed by atoms with Gasteiger partial charge in [0.05, 0.1) is 29.5 Å². The van der Waals surface area contributed by atoms with Gasteiger partial charge in [-0.15, -0.1) is 11.3 Å². The average Bonchev–Trinajstić information content (AvgIpc) is 3.34. The molecule has 27 heavy (non-hydrogen) atoms. The van der Waals surface area contributed by atoms with E-state index in [-0.39, 0.29) is 30.6 Å². The minimum Gasteiger partial charge on any atom is -0.497 e. The molecule has 1 aliphatic rings. The standard InChI is InChI=1S/C20H22ClNO4S/c1-25-13-5-7-17(26-2)14(12-13)15-4-3-11-22(15)20(24)10-6-16(23)18-8-9-19(21)27-18/h5,7-9,12,15H,3-4,6,10-11H2,1-2H3. The summed E-state index contributed by atoms with van der Waals surface area (Å²) in [6, 6.07) is 8.97. The number of likely N-dealkylation sites (tertiary alicyclic amines) is 1. The monoisotopic (exact) mass is 407 g/mol. The van der Waals surface area contributed by atoms with Gasteiger partial charge >= 0.3 is 0 Å². The number of halogens is 1. The fourth-order valence-electron chi connectivity index (χ4n) is 3.44. The van der Waals surface area contributed by atoms with Crippen LogP contribution in [0.25, 0.3) is 0 Å². The predicted molar refractivity (Wildman–Crippen MR) is 106 cm³/mol. The smallest absolute Gasteiger partial charge is 0.223 e. The number of benzene rings is 1. The van der Waals surface area contributed by atoms with E-state index in [0.717, 1.165) is 29.9 Å². The Morgan fingerprint density at radius 1 is 1.19 bits per heavy atom. The van der Waals surface area contributed by atoms with Crippen molar-refractivity contribution in [1.29, 1.82) is 0 Å². The maximum atomic E-state index is 12.8. The van der Waals surface area contributed by atoms with Crippen molar-refractivity contribution in [3.05, 3.63) is 45.1 Å². The summed E-state index contributed by atoms with van der Waals surface area (Å²) < 4.78 is 11.4. The third kappa shape index (κ3) is 4.45. The Morgan fingerprint density at radius 2 is 2.00 bits per heavy atom. The highest BCUT2D eigenvalue weighted by Crippen LogP contribution is 2.39. The highest BCUT2D eigenvalue weighted by molar-refractivity contribution is 7.18. The lowest BCUT2D eigenvalue weighted by molar-refractivity contribution is -0.132. The Morgan fingerprint density at radius 3 is 2.67 bits per heavy atom. The van der Waals surface area contributed by atoms with Crippen LogP contribution in [0.5, 0.6) is 11.5 Å². The third-order valence-corrected chi connectivity index (χ3v) is 6.06. The molecule has 2 heterocycles. The number of ether oxygens (including phenoxy) is 2. The SMILES string of the molecule is COc1ccc(OC)c(C2CCCN2C(=O)CCC(=O)c2ccc(Cl)s2)c1. The molecule has 1 amide bonds. The molecule has 1 fully saturated rings. The van der Waals surface area contributed by atoms with Gasteiger partial charge in [0.2, 0.25) is 5.91 Å².